The number of ether oxygens (including phenoxy) is 1. The van der Waals surface area contributed by atoms with Gasteiger partial charge in [0, 0.05) is 26.7 Å². The fraction of sp³-hybridized carbons (Fsp3) is 0.421. The molecule has 25 heavy (non-hydrogen) atoms. The number of Topliss-reactive ketones (excluding diaryl/α,β-unsaturated/α-hetero) is 1. The first-order valence-corrected chi connectivity index (χ1v) is 8.13. The Morgan fingerprint density at radius 3 is 2.32 bits per heavy atom. The molecule has 134 valence electrons. The number of imide groups is 1. The molecule has 0 unspecified atom stereocenters. The van der Waals surface area contributed by atoms with Gasteiger partial charge in [-0.15, -0.1) is 0 Å². The van der Waals surface area contributed by atoms with Gasteiger partial charge in [-0.3, -0.25) is 9.59 Å². The van der Waals surface area contributed by atoms with Crippen LogP contribution in [0.1, 0.15) is 26.3 Å². The van der Waals surface area contributed by atoms with Gasteiger partial charge in [0.05, 0.1) is 0 Å². The number of hydrogen-bond donors (Lipinski definition) is 0. The predicted molar refractivity (Wildman–Crippen MR) is 93.8 cm³/mol. The summed E-state index contributed by atoms with van der Waals surface area (Å²) in [4.78, 5) is 40.6. The van der Waals surface area contributed by atoms with Crippen LogP contribution in [0.5, 0.6) is 0 Å². The summed E-state index contributed by atoms with van der Waals surface area (Å²) in [5.74, 6) is -0.984. The van der Waals surface area contributed by atoms with Crippen LogP contribution in [0.3, 0.4) is 0 Å². The Morgan fingerprint density at radius 2 is 1.80 bits per heavy atom. The Bertz CT molecular complexity index is 702. The summed E-state index contributed by atoms with van der Waals surface area (Å²) in [6.07, 6.45) is 0.913. The van der Waals surface area contributed by atoms with Crippen LogP contribution in [0.2, 0.25) is 0 Å². The first kappa shape index (κ1) is 18.7. The Labute approximate surface area is 148 Å². The van der Waals surface area contributed by atoms with Crippen LogP contribution < -0.4 is 0 Å². The van der Waals surface area contributed by atoms with Crippen molar-refractivity contribution >= 4 is 17.8 Å². The van der Waals surface area contributed by atoms with Crippen LogP contribution in [0.25, 0.3) is 0 Å². The van der Waals surface area contributed by atoms with E-state index in [0.29, 0.717) is 0 Å². The fourth-order valence-corrected chi connectivity index (χ4v) is 2.59. The molecule has 0 radical (unpaired) electrons. The molecule has 1 fully saturated rings. The van der Waals surface area contributed by atoms with Crippen LogP contribution >= 0.6 is 0 Å². The second-order valence-corrected chi connectivity index (χ2v) is 7.23. The molecule has 0 aromatic heterocycles. The van der Waals surface area contributed by atoms with Crippen LogP contribution in [-0.2, 0) is 20.7 Å². The third-order valence-electron chi connectivity index (χ3n) is 3.58. The van der Waals surface area contributed by atoms with Gasteiger partial charge in [-0.2, -0.15) is 0 Å². The molecule has 2 rings (SSSR count). The van der Waals surface area contributed by atoms with E-state index in [1.54, 1.807) is 39.8 Å². The van der Waals surface area contributed by atoms with Crippen LogP contribution in [0.15, 0.2) is 42.1 Å². The first-order chi connectivity index (χ1) is 11.6. The molecule has 1 aromatic carbocycles. The van der Waals surface area contributed by atoms with E-state index in [9.17, 15) is 14.4 Å². The molecule has 6 nitrogen and oxygen atoms in total. The molecule has 1 heterocycles. The summed E-state index contributed by atoms with van der Waals surface area (Å²) >= 11 is 0. The van der Waals surface area contributed by atoms with E-state index in [1.807, 2.05) is 30.3 Å². The normalized spacial score (nSPS) is 19.5. The van der Waals surface area contributed by atoms with Gasteiger partial charge in [-0.25, -0.2) is 9.69 Å². The molecule has 1 aliphatic rings. The lowest BCUT2D eigenvalue weighted by Crippen LogP contribution is -2.44. The van der Waals surface area contributed by atoms with Gasteiger partial charge < -0.3 is 9.64 Å². The molecular formula is C19H24N2O4. The molecule has 1 atom stereocenters. The smallest absolute Gasteiger partial charge is 0.418 e. The maximum Gasteiger partial charge on any atom is 0.418 e. The van der Waals surface area contributed by atoms with E-state index in [4.69, 9.17) is 4.74 Å². The fourth-order valence-electron chi connectivity index (χ4n) is 2.59. The summed E-state index contributed by atoms with van der Waals surface area (Å²) in [5.41, 5.74) is 0.108. The predicted octanol–water partition coefficient (Wildman–Crippen LogP) is 2.39. The Hall–Kier alpha value is -2.63. The van der Waals surface area contributed by atoms with Crippen molar-refractivity contribution in [2.24, 2.45) is 0 Å². The topological polar surface area (TPSA) is 66.9 Å². The zero-order valence-electron chi connectivity index (χ0n) is 15.3. The largest absolute Gasteiger partial charge is 0.443 e. The van der Waals surface area contributed by atoms with Gasteiger partial charge in [0.25, 0.3) is 5.91 Å². The summed E-state index contributed by atoms with van der Waals surface area (Å²) in [7, 11) is 3.44. The molecule has 0 saturated carbocycles. The molecule has 1 aliphatic heterocycles. The molecule has 1 aromatic rings. The van der Waals surface area contributed by atoms with Crippen molar-refractivity contribution in [1.29, 1.82) is 0 Å². The van der Waals surface area contributed by atoms with Gasteiger partial charge in [0.15, 0.2) is 5.78 Å². The van der Waals surface area contributed by atoms with Crippen LogP contribution in [0.4, 0.5) is 4.79 Å². The number of nitrogens with zero attached hydrogens (tertiary/aromatic N) is 2. The Balaban J connectivity index is 2.38. The minimum absolute atomic E-state index is 0.00297. The molecule has 2 amide bonds. The van der Waals surface area contributed by atoms with E-state index < -0.39 is 23.6 Å². The van der Waals surface area contributed by atoms with E-state index in [2.05, 4.69) is 0 Å². The number of rotatable bonds is 3. The average Bonchev–Trinajstić information content (AvgIpc) is 2.71. The lowest BCUT2D eigenvalue weighted by molar-refractivity contribution is -0.126. The average molecular weight is 344 g/mol. The van der Waals surface area contributed by atoms with E-state index >= 15 is 0 Å². The number of likely N-dealkylation sites (tertiary alicyclic amines) is 1. The maximum atomic E-state index is 12.8. The monoisotopic (exact) mass is 344 g/mol. The molecule has 1 saturated heterocycles. The van der Waals surface area contributed by atoms with Crippen molar-refractivity contribution in [2.45, 2.75) is 38.8 Å². The van der Waals surface area contributed by atoms with Gasteiger partial charge >= 0.3 is 6.09 Å². The SMILES string of the molecule is CN(C)/C=C1\C(=O)[C@H](Cc2ccccc2)N(C(=O)OC(C)(C)C)C1=O. The summed E-state index contributed by atoms with van der Waals surface area (Å²) < 4.78 is 5.33. The zero-order chi connectivity index (χ0) is 18.8. The molecular weight excluding hydrogens is 320 g/mol. The third kappa shape index (κ3) is 4.47. The molecule has 0 N–H and O–H groups in total. The number of ketones is 1. The van der Waals surface area contributed by atoms with Crippen LogP contribution in [0, 0.1) is 0 Å². The van der Waals surface area contributed by atoms with Gasteiger partial charge in [0.1, 0.15) is 17.2 Å². The zero-order valence-corrected chi connectivity index (χ0v) is 15.3. The molecule has 0 bridgehead atoms. The second kappa shape index (κ2) is 7.09. The highest BCUT2D eigenvalue weighted by Crippen LogP contribution is 2.26. The summed E-state index contributed by atoms with van der Waals surface area (Å²) in [6.45, 7) is 5.15. The van der Waals surface area contributed by atoms with Gasteiger partial charge in [-0.1, -0.05) is 30.3 Å². The minimum Gasteiger partial charge on any atom is -0.443 e. The number of benzene rings is 1. The summed E-state index contributed by atoms with van der Waals surface area (Å²) in [6, 6.07) is 8.40. The van der Waals surface area contributed by atoms with Crippen molar-refractivity contribution in [3.63, 3.8) is 0 Å². The molecule has 6 heteroatoms. The van der Waals surface area contributed by atoms with Crippen molar-refractivity contribution < 1.29 is 19.1 Å². The van der Waals surface area contributed by atoms with Gasteiger partial charge in [0.2, 0.25) is 0 Å². The van der Waals surface area contributed by atoms with Crippen molar-refractivity contribution in [2.75, 3.05) is 14.1 Å². The van der Waals surface area contributed by atoms with E-state index in [1.165, 1.54) is 6.20 Å². The quantitative estimate of drug-likeness (QED) is 0.622. The van der Waals surface area contributed by atoms with Crippen molar-refractivity contribution in [3.8, 4) is 0 Å². The second-order valence-electron chi connectivity index (χ2n) is 7.23. The molecule has 0 spiro atoms. The van der Waals surface area contributed by atoms with Crippen LogP contribution in [-0.4, -0.2) is 53.3 Å². The number of hydrogen-bond acceptors (Lipinski definition) is 5. The number of carbonyl (C=O) groups is 3. The number of carbonyl (C=O) groups excluding carboxylic acids is 3. The Morgan fingerprint density at radius 1 is 1.20 bits per heavy atom. The Kier molecular flexibility index (Phi) is 5.30. The lowest BCUT2D eigenvalue weighted by Gasteiger charge is -2.26. The number of amides is 2. The first-order valence-electron chi connectivity index (χ1n) is 8.13. The van der Waals surface area contributed by atoms with E-state index in [-0.39, 0.29) is 17.8 Å². The lowest BCUT2D eigenvalue weighted by atomic mass is 10.0. The minimum atomic E-state index is -0.893. The highest BCUT2D eigenvalue weighted by atomic mass is 16.6. The highest BCUT2D eigenvalue weighted by Gasteiger charge is 2.48. The summed E-state index contributed by atoms with van der Waals surface area (Å²) in [5, 5.41) is 0. The maximum absolute atomic E-state index is 12.8. The molecule has 0 aliphatic carbocycles. The van der Waals surface area contributed by atoms with Crippen molar-refractivity contribution in [3.05, 3.63) is 47.7 Å². The standard InChI is InChI=1S/C19H24N2O4/c1-19(2,3)25-18(24)21-15(11-13-9-7-6-8-10-13)16(22)14(17(21)23)12-20(4)5/h6-10,12,15H,11H2,1-5H3/b14-12+/t15-/m0/s1. The van der Waals surface area contributed by atoms with E-state index in [0.717, 1.165) is 10.5 Å². The van der Waals surface area contributed by atoms with Crippen molar-refractivity contribution in [1.82, 2.24) is 9.80 Å². The van der Waals surface area contributed by atoms with Gasteiger partial charge in [-0.05, 0) is 26.3 Å². The third-order valence-corrected chi connectivity index (χ3v) is 3.58. The highest BCUT2D eigenvalue weighted by molar-refractivity contribution is 6.29.